The van der Waals surface area contributed by atoms with Crippen LogP contribution in [0.2, 0.25) is 0 Å². The van der Waals surface area contributed by atoms with Crippen LogP contribution in [-0.2, 0) is 28.8 Å². The molecular weight excluding hydrogens is 586 g/mol. The smallest absolute Gasteiger partial charge is 0.255 e. The van der Waals surface area contributed by atoms with Crippen LogP contribution in [0, 0.1) is 5.92 Å². The van der Waals surface area contributed by atoms with Crippen molar-refractivity contribution in [1.29, 1.82) is 0 Å². The summed E-state index contributed by atoms with van der Waals surface area (Å²) in [6.45, 7) is 6.10. The Bertz CT molecular complexity index is 1290. The second-order valence-corrected chi connectivity index (χ2v) is 11.6. The lowest BCUT2D eigenvalue weighted by Gasteiger charge is -2.27. The van der Waals surface area contributed by atoms with Crippen LogP contribution in [0.15, 0.2) is 24.3 Å². The lowest BCUT2D eigenvalue weighted by Crippen LogP contribution is -2.57. The Labute approximate surface area is 261 Å². The fraction of sp³-hybridized carbons (Fsp3) is 0.567. The van der Waals surface area contributed by atoms with E-state index in [2.05, 4.69) is 26.6 Å². The summed E-state index contributed by atoms with van der Waals surface area (Å²) in [4.78, 5) is 91.5. The van der Waals surface area contributed by atoms with Gasteiger partial charge in [-0.15, -0.1) is 0 Å². The molecule has 3 rings (SSSR count). The largest absolute Gasteiger partial charge is 0.491 e. The second-order valence-electron chi connectivity index (χ2n) is 11.6. The first-order chi connectivity index (χ1) is 21.3. The maximum atomic E-state index is 13.4. The minimum absolute atomic E-state index is 0.0137. The Hall–Kier alpha value is -4.69. The van der Waals surface area contributed by atoms with E-state index < -0.39 is 66.0 Å². The van der Waals surface area contributed by atoms with E-state index >= 15 is 0 Å². The number of hydrogen-bond acceptors (Lipinski definition) is 8. The van der Waals surface area contributed by atoms with Crippen molar-refractivity contribution in [1.82, 2.24) is 31.5 Å². The Kier molecular flexibility index (Phi) is 12.7. The number of primary amides is 1. The highest BCUT2D eigenvalue weighted by Gasteiger charge is 2.32. The van der Waals surface area contributed by atoms with Crippen LogP contribution in [0.5, 0.6) is 5.75 Å². The maximum Gasteiger partial charge on any atom is 0.255 e. The van der Waals surface area contributed by atoms with Crippen molar-refractivity contribution in [3.63, 3.8) is 0 Å². The van der Waals surface area contributed by atoms with Crippen LogP contribution in [0.4, 0.5) is 0 Å². The third kappa shape index (κ3) is 10.5. The van der Waals surface area contributed by atoms with Gasteiger partial charge in [-0.1, -0.05) is 26.0 Å². The molecule has 0 spiro atoms. The average Bonchev–Trinajstić information content (AvgIpc) is 3.39. The van der Waals surface area contributed by atoms with Crippen LogP contribution >= 0.6 is 0 Å². The number of para-hydroxylation sites is 1. The lowest BCUT2D eigenvalue weighted by molar-refractivity contribution is -0.134. The average molecular weight is 630 g/mol. The van der Waals surface area contributed by atoms with Crippen molar-refractivity contribution >= 4 is 41.4 Å². The van der Waals surface area contributed by atoms with Crippen molar-refractivity contribution in [2.24, 2.45) is 11.7 Å². The van der Waals surface area contributed by atoms with E-state index in [1.165, 1.54) is 6.07 Å². The molecule has 0 radical (unpaired) electrons. The summed E-state index contributed by atoms with van der Waals surface area (Å²) in [5.41, 5.74) is 5.39. The molecule has 1 saturated heterocycles. The fourth-order valence-electron chi connectivity index (χ4n) is 4.98. The molecule has 0 aliphatic carbocycles. The van der Waals surface area contributed by atoms with Gasteiger partial charge in [0, 0.05) is 32.5 Å². The number of rotatable bonds is 8. The molecule has 0 bridgehead atoms. The normalized spacial score (nSPS) is 23.6. The third-order valence-corrected chi connectivity index (χ3v) is 7.45. The minimum Gasteiger partial charge on any atom is -0.491 e. The van der Waals surface area contributed by atoms with Crippen LogP contribution in [0.3, 0.4) is 0 Å². The number of amides is 7. The van der Waals surface area contributed by atoms with Crippen molar-refractivity contribution in [2.45, 2.75) is 77.0 Å². The highest BCUT2D eigenvalue weighted by molar-refractivity contribution is 6.01. The molecule has 45 heavy (non-hydrogen) atoms. The summed E-state index contributed by atoms with van der Waals surface area (Å²) >= 11 is 0. The molecule has 246 valence electrons. The summed E-state index contributed by atoms with van der Waals surface area (Å²) in [6.07, 6.45) is 0.217. The molecule has 2 aliphatic heterocycles. The molecule has 1 aromatic rings. The summed E-state index contributed by atoms with van der Waals surface area (Å²) in [6, 6.07) is 2.16. The number of nitrogens with two attached hydrogens (primary N) is 1. The first-order valence-electron chi connectivity index (χ1n) is 15.1. The number of hydrogen-bond donors (Lipinski definition) is 6. The summed E-state index contributed by atoms with van der Waals surface area (Å²) < 4.78 is 5.86. The third-order valence-electron chi connectivity index (χ3n) is 7.45. The number of carbonyl (C=O) groups excluding carboxylic acids is 7. The van der Waals surface area contributed by atoms with Gasteiger partial charge in [-0.25, -0.2) is 0 Å². The number of ether oxygens (including phenoxy) is 1. The van der Waals surface area contributed by atoms with E-state index in [0.29, 0.717) is 13.0 Å². The topological polar surface area (TPSA) is 218 Å². The quantitative estimate of drug-likeness (QED) is 0.203. The van der Waals surface area contributed by atoms with Gasteiger partial charge in [0.15, 0.2) is 0 Å². The number of carbonyl (C=O) groups is 7. The van der Waals surface area contributed by atoms with Crippen molar-refractivity contribution < 1.29 is 38.3 Å². The molecule has 1 aromatic carbocycles. The van der Waals surface area contributed by atoms with E-state index in [9.17, 15) is 33.6 Å². The molecule has 2 heterocycles. The summed E-state index contributed by atoms with van der Waals surface area (Å²) in [5.74, 6) is -4.23. The van der Waals surface area contributed by atoms with E-state index in [-0.39, 0.29) is 55.7 Å². The molecule has 7 amide bonds. The number of fused-ring (bicyclic) bond motifs is 1. The van der Waals surface area contributed by atoms with Crippen LogP contribution < -0.4 is 37.1 Å². The standard InChI is InChI=1S/C30H43N7O8/c1-17(2)26-30(44)33-18(3)16-45-22-8-5-4-7-19(22)27(41)35-21(28(42)32-12-14-37-13-6-9-25(37)40)15-24(39)34-20(29(43)36-26)10-11-23(31)38/h4-5,7-8,17-18,20-21,26H,6,9-16H2,1-3H3,(H2,31,38)(H,32,42)(H,33,44)(H,34,39)(H,35,41)(H,36,43)/t18-,20-,21-,26+/m0/s1. The molecule has 7 N–H and O–H groups in total. The zero-order valence-corrected chi connectivity index (χ0v) is 25.9. The van der Waals surface area contributed by atoms with E-state index in [1.54, 1.807) is 43.9 Å². The van der Waals surface area contributed by atoms with E-state index in [0.717, 1.165) is 6.42 Å². The molecule has 15 nitrogen and oxygen atoms in total. The molecule has 2 aliphatic rings. The van der Waals surface area contributed by atoms with Crippen LogP contribution in [0.25, 0.3) is 0 Å². The minimum atomic E-state index is -1.37. The number of nitrogens with one attached hydrogen (secondary N) is 5. The zero-order valence-electron chi connectivity index (χ0n) is 25.9. The zero-order chi connectivity index (χ0) is 33.1. The Morgan fingerprint density at radius 3 is 2.44 bits per heavy atom. The van der Waals surface area contributed by atoms with Gasteiger partial charge < -0.3 is 42.0 Å². The highest BCUT2D eigenvalue weighted by atomic mass is 16.5. The van der Waals surface area contributed by atoms with Crippen molar-refractivity contribution in [3.05, 3.63) is 29.8 Å². The van der Waals surface area contributed by atoms with E-state index in [4.69, 9.17) is 10.5 Å². The Morgan fingerprint density at radius 1 is 1.04 bits per heavy atom. The monoisotopic (exact) mass is 629 g/mol. The highest BCUT2D eigenvalue weighted by Crippen LogP contribution is 2.19. The van der Waals surface area contributed by atoms with Gasteiger partial charge in [0.1, 0.15) is 30.5 Å². The molecule has 0 unspecified atom stereocenters. The predicted octanol–water partition coefficient (Wildman–Crippen LogP) is -1.30. The number of nitrogens with zero attached hydrogens (tertiary/aromatic N) is 1. The summed E-state index contributed by atoms with van der Waals surface area (Å²) in [5, 5.41) is 13.2. The van der Waals surface area contributed by atoms with Gasteiger partial charge in [0.05, 0.1) is 18.0 Å². The number of benzene rings is 1. The van der Waals surface area contributed by atoms with Gasteiger partial charge in [-0.3, -0.25) is 33.6 Å². The Morgan fingerprint density at radius 2 is 1.78 bits per heavy atom. The van der Waals surface area contributed by atoms with Gasteiger partial charge in [0.25, 0.3) is 5.91 Å². The predicted molar refractivity (Wildman–Crippen MR) is 161 cm³/mol. The van der Waals surface area contributed by atoms with Gasteiger partial charge in [-0.05, 0) is 37.8 Å². The van der Waals surface area contributed by atoms with Crippen molar-refractivity contribution in [3.8, 4) is 5.75 Å². The molecule has 15 heteroatoms. The lowest BCUT2D eigenvalue weighted by atomic mass is 10.0. The summed E-state index contributed by atoms with van der Waals surface area (Å²) in [7, 11) is 0. The van der Waals surface area contributed by atoms with Crippen molar-refractivity contribution in [2.75, 3.05) is 26.2 Å². The van der Waals surface area contributed by atoms with Crippen LogP contribution in [-0.4, -0.2) is 96.7 Å². The van der Waals surface area contributed by atoms with Gasteiger partial charge >= 0.3 is 0 Å². The van der Waals surface area contributed by atoms with Gasteiger partial charge in [-0.2, -0.15) is 0 Å². The first-order valence-corrected chi connectivity index (χ1v) is 15.1. The van der Waals surface area contributed by atoms with E-state index in [1.807, 2.05) is 0 Å². The maximum absolute atomic E-state index is 13.4. The Balaban J connectivity index is 1.90. The second kappa shape index (κ2) is 16.4. The molecular formula is C30H43N7O8. The first kappa shape index (κ1) is 34.8. The molecule has 1 fully saturated rings. The SMILES string of the molecule is CC(C)[C@H]1NC(=O)[C@H](CCC(N)=O)NC(=O)C[C@@H](C(=O)NCCN2CCCC2=O)NC(=O)c2ccccc2OC[C@H](C)NC1=O. The van der Waals surface area contributed by atoms with Gasteiger partial charge in [0.2, 0.25) is 35.4 Å². The fourth-order valence-corrected chi connectivity index (χ4v) is 4.98. The molecule has 0 saturated carbocycles. The van der Waals surface area contributed by atoms with Crippen LogP contribution in [0.1, 0.15) is 63.2 Å². The number of likely N-dealkylation sites (tertiary alicyclic amines) is 1. The molecule has 4 atom stereocenters. The molecule has 0 aromatic heterocycles.